The van der Waals surface area contributed by atoms with E-state index in [-0.39, 0.29) is 12.3 Å². The first kappa shape index (κ1) is 17.8. The second kappa shape index (κ2) is 8.93. The van der Waals surface area contributed by atoms with E-state index in [1.807, 2.05) is 54.6 Å². The first-order valence-corrected chi connectivity index (χ1v) is 8.04. The third kappa shape index (κ3) is 5.93. The molecule has 24 heavy (non-hydrogen) atoms. The van der Waals surface area contributed by atoms with E-state index in [9.17, 15) is 9.59 Å². The SMILES string of the molecule is NC(=O)NC(CC(=O)NCCc1ccc(Cl)cc1)c1ccccc1. The summed E-state index contributed by atoms with van der Waals surface area (Å²) < 4.78 is 0. The summed E-state index contributed by atoms with van der Waals surface area (Å²) >= 11 is 5.84. The van der Waals surface area contributed by atoms with E-state index in [1.54, 1.807) is 0 Å². The van der Waals surface area contributed by atoms with Gasteiger partial charge in [-0.2, -0.15) is 0 Å². The van der Waals surface area contributed by atoms with Gasteiger partial charge in [0.15, 0.2) is 0 Å². The van der Waals surface area contributed by atoms with Crippen molar-refractivity contribution in [2.24, 2.45) is 5.73 Å². The van der Waals surface area contributed by atoms with Gasteiger partial charge < -0.3 is 16.4 Å². The fourth-order valence-electron chi connectivity index (χ4n) is 2.36. The van der Waals surface area contributed by atoms with Crippen molar-refractivity contribution in [3.8, 4) is 0 Å². The maximum atomic E-state index is 12.1. The number of primary amides is 1. The maximum Gasteiger partial charge on any atom is 0.312 e. The first-order chi connectivity index (χ1) is 11.5. The molecule has 5 nitrogen and oxygen atoms in total. The van der Waals surface area contributed by atoms with Crippen molar-refractivity contribution >= 4 is 23.5 Å². The molecule has 4 N–H and O–H groups in total. The predicted octanol–water partition coefficient (Wildman–Crippen LogP) is 2.80. The summed E-state index contributed by atoms with van der Waals surface area (Å²) in [6, 6.07) is 15.7. The van der Waals surface area contributed by atoms with E-state index in [4.69, 9.17) is 17.3 Å². The van der Waals surface area contributed by atoms with Crippen LogP contribution in [0.5, 0.6) is 0 Å². The lowest BCUT2D eigenvalue weighted by Gasteiger charge is -2.17. The summed E-state index contributed by atoms with van der Waals surface area (Å²) in [5, 5.41) is 6.15. The second-order valence-corrected chi connectivity index (χ2v) is 5.84. The second-order valence-electron chi connectivity index (χ2n) is 5.40. The fourth-order valence-corrected chi connectivity index (χ4v) is 2.49. The lowest BCUT2D eigenvalue weighted by Crippen LogP contribution is -2.37. The van der Waals surface area contributed by atoms with Crippen molar-refractivity contribution in [3.63, 3.8) is 0 Å². The lowest BCUT2D eigenvalue weighted by molar-refractivity contribution is -0.121. The highest BCUT2D eigenvalue weighted by Crippen LogP contribution is 2.16. The molecule has 0 fully saturated rings. The Morgan fingerprint density at radius 1 is 1.04 bits per heavy atom. The number of hydrogen-bond donors (Lipinski definition) is 3. The quantitative estimate of drug-likeness (QED) is 0.721. The zero-order chi connectivity index (χ0) is 17.4. The Bertz CT molecular complexity index is 674. The monoisotopic (exact) mass is 345 g/mol. The van der Waals surface area contributed by atoms with E-state index < -0.39 is 12.1 Å². The van der Waals surface area contributed by atoms with Gasteiger partial charge in [0, 0.05) is 11.6 Å². The molecular weight excluding hydrogens is 326 g/mol. The van der Waals surface area contributed by atoms with Gasteiger partial charge in [-0.05, 0) is 29.7 Å². The van der Waals surface area contributed by atoms with E-state index in [0.717, 1.165) is 11.1 Å². The largest absolute Gasteiger partial charge is 0.356 e. The smallest absolute Gasteiger partial charge is 0.312 e. The van der Waals surface area contributed by atoms with Gasteiger partial charge in [-0.1, -0.05) is 54.1 Å². The van der Waals surface area contributed by atoms with Crippen molar-refractivity contribution < 1.29 is 9.59 Å². The van der Waals surface area contributed by atoms with Gasteiger partial charge in [-0.15, -0.1) is 0 Å². The molecule has 0 aromatic heterocycles. The number of halogens is 1. The van der Waals surface area contributed by atoms with Crippen LogP contribution in [0.3, 0.4) is 0 Å². The molecule has 0 radical (unpaired) electrons. The van der Waals surface area contributed by atoms with Gasteiger partial charge in [-0.25, -0.2) is 4.79 Å². The third-order valence-electron chi connectivity index (χ3n) is 3.56. The molecule has 2 aromatic carbocycles. The normalized spacial score (nSPS) is 11.5. The van der Waals surface area contributed by atoms with Gasteiger partial charge in [0.2, 0.25) is 5.91 Å². The molecule has 126 valence electrons. The maximum absolute atomic E-state index is 12.1. The van der Waals surface area contributed by atoms with Crippen molar-refractivity contribution in [2.45, 2.75) is 18.9 Å². The molecule has 0 aliphatic rings. The lowest BCUT2D eigenvalue weighted by atomic mass is 10.0. The number of carbonyl (C=O) groups excluding carboxylic acids is 2. The van der Waals surface area contributed by atoms with Gasteiger partial charge >= 0.3 is 6.03 Å². The number of carbonyl (C=O) groups is 2. The molecule has 0 saturated carbocycles. The molecule has 2 aromatic rings. The zero-order valence-corrected chi connectivity index (χ0v) is 13.9. The van der Waals surface area contributed by atoms with Crippen molar-refractivity contribution in [1.82, 2.24) is 10.6 Å². The Morgan fingerprint density at radius 2 is 1.71 bits per heavy atom. The van der Waals surface area contributed by atoms with Crippen LogP contribution < -0.4 is 16.4 Å². The number of rotatable bonds is 7. The number of urea groups is 1. The summed E-state index contributed by atoms with van der Waals surface area (Å²) in [6.07, 6.45) is 0.843. The van der Waals surface area contributed by atoms with E-state index in [0.29, 0.717) is 18.0 Å². The molecule has 0 saturated heterocycles. The minimum atomic E-state index is -0.655. The highest BCUT2D eigenvalue weighted by Gasteiger charge is 2.16. The number of benzene rings is 2. The Kier molecular flexibility index (Phi) is 6.63. The average molecular weight is 346 g/mol. The molecule has 1 atom stereocenters. The standard InChI is InChI=1S/C18H20ClN3O2/c19-15-8-6-13(7-9-15)10-11-21-17(23)12-16(22-18(20)24)14-4-2-1-3-5-14/h1-9,16H,10-12H2,(H,21,23)(H3,20,22,24). The van der Waals surface area contributed by atoms with Crippen LogP contribution in [0.4, 0.5) is 4.79 Å². The Balaban J connectivity index is 1.86. The van der Waals surface area contributed by atoms with Gasteiger partial charge in [0.25, 0.3) is 0 Å². The number of amides is 3. The Labute approximate surface area is 146 Å². The van der Waals surface area contributed by atoms with Crippen molar-refractivity contribution in [2.75, 3.05) is 6.54 Å². The summed E-state index contributed by atoms with van der Waals surface area (Å²) in [5.41, 5.74) is 7.13. The van der Waals surface area contributed by atoms with Crippen LogP contribution in [-0.4, -0.2) is 18.5 Å². The molecule has 6 heteroatoms. The Hall–Kier alpha value is -2.53. The summed E-state index contributed by atoms with van der Waals surface area (Å²) in [7, 11) is 0. The van der Waals surface area contributed by atoms with Crippen LogP contribution >= 0.6 is 11.6 Å². The summed E-state index contributed by atoms with van der Waals surface area (Å²) in [6.45, 7) is 0.512. The average Bonchev–Trinajstić information content (AvgIpc) is 2.56. The van der Waals surface area contributed by atoms with Gasteiger partial charge in [0.1, 0.15) is 0 Å². The molecule has 3 amide bonds. The van der Waals surface area contributed by atoms with E-state index in [2.05, 4.69) is 10.6 Å². The summed E-state index contributed by atoms with van der Waals surface area (Å²) in [4.78, 5) is 23.3. The first-order valence-electron chi connectivity index (χ1n) is 7.66. The van der Waals surface area contributed by atoms with E-state index in [1.165, 1.54) is 0 Å². The highest BCUT2D eigenvalue weighted by molar-refractivity contribution is 6.30. The molecule has 0 bridgehead atoms. The summed E-state index contributed by atoms with van der Waals surface area (Å²) in [5.74, 6) is -0.147. The molecule has 0 aliphatic heterocycles. The van der Waals surface area contributed by atoms with Gasteiger partial charge in [0.05, 0.1) is 12.5 Å². The minimum absolute atomic E-state index is 0.133. The van der Waals surface area contributed by atoms with Crippen LogP contribution in [0.2, 0.25) is 5.02 Å². The predicted molar refractivity (Wildman–Crippen MR) is 94.7 cm³/mol. The van der Waals surface area contributed by atoms with Crippen molar-refractivity contribution in [1.29, 1.82) is 0 Å². The molecule has 1 unspecified atom stereocenters. The highest BCUT2D eigenvalue weighted by atomic mass is 35.5. The third-order valence-corrected chi connectivity index (χ3v) is 3.81. The van der Waals surface area contributed by atoms with E-state index >= 15 is 0 Å². The van der Waals surface area contributed by atoms with Gasteiger partial charge in [-0.3, -0.25) is 4.79 Å². The number of nitrogens with one attached hydrogen (secondary N) is 2. The van der Waals surface area contributed by atoms with Crippen LogP contribution in [0, 0.1) is 0 Å². The molecule has 0 aliphatic carbocycles. The number of hydrogen-bond acceptors (Lipinski definition) is 2. The molecule has 2 rings (SSSR count). The Morgan fingerprint density at radius 3 is 2.33 bits per heavy atom. The van der Waals surface area contributed by atoms with Crippen LogP contribution in [-0.2, 0) is 11.2 Å². The van der Waals surface area contributed by atoms with Crippen LogP contribution in [0.15, 0.2) is 54.6 Å². The van der Waals surface area contributed by atoms with Crippen molar-refractivity contribution in [3.05, 3.63) is 70.7 Å². The topological polar surface area (TPSA) is 84.2 Å². The van der Waals surface area contributed by atoms with Crippen LogP contribution in [0.1, 0.15) is 23.6 Å². The fraction of sp³-hybridized carbons (Fsp3) is 0.222. The zero-order valence-electron chi connectivity index (χ0n) is 13.2. The van der Waals surface area contributed by atoms with Crippen LogP contribution in [0.25, 0.3) is 0 Å². The molecular formula is C18H20ClN3O2. The minimum Gasteiger partial charge on any atom is -0.356 e. The molecule has 0 spiro atoms. The molecule has 0 heterocycles. The number of nitrogens with two attached hydrogens (primary N) is 1.